The second-order valence-corrected chi connectivity index (χ2v) is 9.25. The van der Waals surface area contributed by atoms with Gasteiger partial charge in [0, 0.05) is 36.8 Å². The summed E-state index contributed by atoms with van der Waals surface area (Å²) >= 11 is 5.93. The standard InChI is InChI=1S/C26H25ClFN7O6/c27-19-6-8-21(35-15-29-32-33-35)18(24(19)28)5-9-22(36)31-20(7-10-23(37)34-11-13-41-14-12-34)25(38)30-17-3-1-16(2-4-17)26(39)40/h1-6,8-9,15,20H,7,10-14H2,(H,30,38)(H,31,36)(H,39,40)/b9-5+/t20-/m0/s1. The number of morpholine rings is 1. The fourth-order valence-electron chi connectivity index (χ4n) is 4.00. The number of halogens is 2. The summed E-state index contributed by atoms with van der Waals surface area (Å²) in [6, 6.07) is 7.08. The largest absolute Gasteiger partial charge is 0.478 e. The Hall–Kier alpha value is -4.69. The maximum absolute atomic E-state index is 14.9. The molecule has 1 aliphatic heterocycles. The molecule has 4 rings (SSSR count). The van der Waals surface area contributed by atoms with Crippen molar-refractivity contribution in [2.24, 2.45) is 0 Å². The number of carbonyl (C=O) groups is 4. The number of hydrogen-bond donors (Lipinski definition) is 3. The SMILES string of the molecule is O=C(/C=C/c1c(-n2cnnn2)ccc(Cl)c1F)N[C@@H](CCC(=O)N1CCOCC1)C(=O)Nc1ccc(C(=O)O)cc1. The summed E-state index contributed by atoms with van der Waals surface area (Å²) in [5, 5.41) is 24.8. The summed E-state index contributed by atoms with van der Waals surface area (Å²) in [6.07, 6.45) is 3.37. The molecule has 1 atom stereocenters. The molecule has 3 N–H and O–H groups in total. The van der Waals surface area contributed by atoms with Gasteiger partial charge in [-0.3, -0.25) is 14.4 Å². The number of hydrogen-bond acceptors (Lipinski definition) is 8. The zero-order valence-electron chi connectivity index (χ0n) is 21.5. The average molecular weight is 586 g/mol. The lowest BCUT2D eigenvalue weighted by Gasteiger charge is -2.27. The molecule has 41 heavy (non-hydrogen) atoms. The van der Waals surface area contributed by atoms with Gasteiger partial charge in [-0.2, -0.15) is 4.68 Å². The van der Waals surface area contributed by atoms with E-state index < -0.39 is 29.6 Å². The Morgan fingerprint density at radius 3 is 2.51 bits per heavy atom. The number of carboxylic acids is 1. The highest BCUT2D eigenvalue weighted by Crippen LogP contribution is 2.25. The van der Waals surface area contributed by atoms with Crippen LogP contribution in [-0.2, 0) is 19.1 Å². The van der Waals surface area contributed by atoms with Crippen LogP contribution in [0.25, 0.3) is 11.8 Å². The predicted octanol–water partition coefficient (Wildman–Crippen LogP) is 1.93. The molecule has 13 nitrogen and oxygen atoms in total. The smallest absolute Gasteiger partial charge is 0.335 e. The van der Waals surface area contributed by atoms with Crippen molar-refractivity contribution in [3.8, 4) is 5.69 Å². The van der Waals surface area contributed by atoms with E-state index in [0.717, 1.165) is 6.08 Å². The Morgan fingerprint density at radius 2 is 1.85 bits per heavy atom. The van der Waals surface area contributed by atoms with E-state index in [-0.39, 0.29) is 40.6 Å². The van der Waals surface area contributed by atoms with Gasteiger partial charge in [-0.25, -0.2) is 9.18 Å². The molecule has 15 heteroatoms. The summed E-state index contributed by atoms with van der Waals surface area (Å²) in [7, 11) is 0. The van der Waals surface area contributed by atoms with Crippen molar-refractivity contribution in [3.05, 3.63) is 70.8 Å². The summed E-state index contributed by atoms with van der Waals surface area (Å²) in [4.78, 5) is 51.4. The van der Waals surface area contributed by atoms with E-state index in [1.165, 1.54) is 53.5 Å². The maximum Gasteiger partial charge on any atom is 0.335 e. The van der Waals surface area contributed by atoms with E-state index in [0.29, 0.717) is 32.0 Å². The zero-order chi connectivity index (χ0) is 29.4. The van der Waals surface area contributed by atoms with Crippen molar-refractivity contribution >= 4 is 47.1 Å². The lowest BCUT2D eigenvalue weighted by molar-refractivity contribution is -0.135. The van der Waals surface area contributed by atoms with Crippen molar-refractivity contribution in [2.75, 3.05) is 31.6 Å². The van der Waals surface area contributed by atoms with E-state index in [1.807, 2.05) is 0 Å². The molecule has 3 amide bonds. The molecule has 0 spiro atoms. The minimum atomic E-state index is -1.15. The summed E-state index contributed by atoms with van der Waals surface area (Å²) in [5.74, 6) is -3.51. The quantitative estimate of drug-likeness (QED) is 0.301. The number of anilines is 1. The number of carboxylic acid groups (broad SMARTS) is 1. The maximum atomic E-state index is 14.9. The molecular formula is C26H25ClFN7O6. The normalized spacial score (nSPS) is 14.0. The molecule has 214 valence electrons. The molecule has 1 saturated heterocycles. The molecule has 2 aromatic carbocycles. The molecule has 3 aromatic rings. The lowest BCUT2D eigenvalue weighted by Crippen LogP contribution is -2.45. The topological polar surface area (TPSA) is 169 Å². The van der Waals surface area contributed by atoms with E-state index >= 15 is 0 Å². The van der Waals surface area contributed by atoms with E-state index in [4.69, 9.17) is 21.4 Å². The first-order valence-corrected chi connectivity index (χ1v) is 12.8. The van der Waals surface area contributed by atoms with Gasteiger partial charge in [0.15, 0.2) is 5.82 Å². The van der Waals surface area contributed by atoms with Crippen LogP contribution in [0.15, 0.2) is 48.8 Å². The summed E-state index contributed by atoms with van der Waals surface area (Å²) < 4.78 is 21.3. The van der Waals surface area contributed by atoms with Crippen molar-refractivity contribution in [1.82, 2.24) is 30.4 Å². The Morgan fingerprint density at radius 1 is 1.12 bits per heavy atom. The van der Waals surface area contributed by atoms with Gasteiger partial charge in [-0.15, -0.1) is 5.10 Å². The third kappa shape index (κ3) is 7.70. The minimum absolute atomic E-state index is 0.0309. The number of ether oxygens (including phenoxy) is 1. The van der Waals surface area contributed by atoms with Crippen LogP contribution in [0.3, 0.4) is 0 Å². The zero-order valence-corrected chi connectivity index (χ0v) is 22.3. The van der Waals surface area contributed by atoms with Crippen LogP contribution >= 0.6 is 11.6 Å². The van der Waals surface area contributed by atoms with Crippen molar-refractivity contribution in [2.45, 2.75) is 18.9 Å². The Balaban J connectivity index is 1.50. The first-order valence-electron chi connectivity index (χ1n) is 12.4. The van der Waals surface area contributed by atoms with Crippen molar-refractivity contribution in [1.29, 1.82) is 0 Å². The second-order valence-electron chi connectivity index (χ2n) is 8.85. The van der Waals surface area contributed by atoms with Gasteiger partial charge < -0.3 is 25.4 Å². The third-order valence-corrected chi connectivity index (χ3v) is 6.44. The molecule has 0 unspecified atom stereocenters. The fraction of sp³-hybridized carbons (Fsp3) is 0.269. The Labute approximate surface area is 237 Å². The fourth-order valence-corrected chi connectivity index (χ4v) is 4.16. The van der Waals surface area contributed by atoms with Crippen LogP contribution in [-0.4, -0.2) is 86.2 Å². The average Bonchev–Trinajstić information content (AvgIpc) is 3.51. The number of tetrazole rings is 1. The number of rotatable bonds is 10. The van der Waals surface area contributed by atoms with Gasteiger partial charge >= 0.3 is 5.97 Å². The minimum Gasteiger partial charge on any atom is -0.478 e. The monoisotopic (exact) mass is 585 g/mol. The van der Waals surface area contributed by atoms with Gasteiger partial charge in [0.2, 0.25) is 17.7 Å². The molecular weight excluding hydrogens is 561 g/mol. The predicted molar refractivity (Wildman–Crippen MR) is 144 cm³/mol. The van der Waals surface area contributed by atoms with Crippen LogP contribution in [0.2, 0.25) is 5.02 Å². The number of carbonyl (C=O) groups excluding carboxylic acids is 3. The van der Waals surface area contributed by atoms with E-state index in [2.05, 4.69) is 26.2 Å². The van der Waals surface area contributed by atoms with E-state index in [1.54, 1.807) is 4.90 Å². The molecule has 1 aromatic heterocycles. The molecule has 1 fully saturated rings. The second kappa shape index (κ2) is 13.6. The van der Waals surface area contributed by atoms with E-state index in [9.17, 15) is 23.6 Å². The Kier molecular flexibility index (Phi) is 9.71. The first kappa shape index (κ1) is 29.3. The summed E-state index contributed by atoms with van der Waals surface area (Å²) in [5.41, 5.74) is 0.475. The van der Waals surface area contributed by atoms with Crippen molar-refractivity contribution in [3.63, 3.8) is 0 Å². The van der Waals surface area contributed by atoms with Crippen molar-refractivity contribution < 1.29 is 33.4 Å². The Bertz CT molecular complexity index is 1440. The number of aromatic carboxylic acids is 1. The third-order valence-electron chi connectivity index (χ3n) is 6.15. The van der Waals surface area contributed by atoms with Gasteiger partial charge in [0.05, 0.1) is 29.5 Å². The number of benzene rings is 2. The molecule has 1 aliphatic rings. The van der Waals surface area contributed by atoms with Crippen LogP contribution < -0.4 is 10.6 Å². The van der Waals surface area contributed by atoms with Gasteiger partial charge in [0.1, 0.15) is 12.4 Å². The molecule has 2 heterocycles. The number of amides is 3. The first-order chi connectivity index (χ1) is 19.7. The molecule has 0 bridgehead atoms. The highest BCUT2D eigenvalue weighted by molar-refractivity contribution is 6.31. The number of aromatic nitrogens is 4. The molecule has 0 saturated carbocycles. The number of nitrogens with one attached hydrogen (secondary N) is 2. The van der Waals surface area contributed by atoms with Crippen LogP contribution in [0.1, 0.15) is 28.8 Å². The molecule has 0 aliphatic carbocycles. The van der Waals surface area contributed by atoms with Gasteiger partial charge in [-0.05, 0) is 59.3 Å². The number of nitrogens with zero attached hydrogens (tertiary/aromatic N) is 5. The van der Waals surface area contributed by atoms with Crippen LogP contribution in [0.5, 0.6) is 0 Å². The molecule has 0 radical (unpaired) electrons. The lowest BCUT2D eigenvalue weighted by atomic mass is 10.1. The highest BCUT2D eigenvalue weighted by Gasteiger charge is 2.24. The highest BCUT2D eigenvalue weighted by atomic mass is 35.5. The van der Waals surface area contributed by atoms with Gasteiger partial charge in [0.25, 0.3) is 0 Å². The summed E-state index contributed by atoms with van der Waals surface area (Å²) in [6.45, 7) is 1.68. The van der Waals surface area contributed by atoms with Crippen LogP contribution in [0.4, 0.5) is 10.1 Å². The van der Waals surface area contributed by atoms with Gasteiger partial charge in [-0.1, -0.05) is 11.6 Å². The van der Waals surface area contributed by atoms with Crippen LogP contribution in [0, 0.1) is 5.82 Å².